The summed E-state index contributed by atoms with van der Waals surface area (Å²) in [7, 11) is -3.07. The van der Waals surface area contributed by atoms with E-state index in [1.54, 1.807) is 0 Å². The SMILES string of the molecule is Cc1ccc(CNCCN[C@@H]2CS(=O)(=O)C[C@H]2O)cc1. The van der Waals surface area contributed by atoms with E-state index in [0.717, 1.165) is 13.1 Å². The van der Waals surface area contributed by atoms with Crippen molar-refractivity contribution in [3.05, 3.63) is 35.4 Å². The van der Waals surface area contributed by atoms with E-state index in [0.29, 0.717) is 6.54 Å². The van der Waals surface area contributed by atoms with Crippen LogP contribution in [0.4, 0.5) is 0 Å². The zero-order valence-electron chi connectivity index (χ0n) is 11.7. The smallest absolute Gasteiger partial charge is 0.154 e. The van der Waals surface area contributed by atoms with Crippen molar-refractivity contribution in [2.45, 2.75) is 25.6 Å². The molecule has 5 nitrogen and oxygen atoms in total. The Morgan fingerprint density at radius 1 is 1.20 bits per heavy atom. The van der Waals surface area contributed by atoms with Crippen LogP contribution in [0.5, 0.6) is 0 Å². The van der Waals surface area contributed by atoms with Crippen LogP contribution in [0.3, 0.4) is 0 Å². The fourth-order valence-electron chi connectivity index (χ4n) is 2.31. The molecule has 1 heterocycles. The summed E-state index contributed by atoms with van der Waals surface area (Å²) in [5, 5.41) is 16.0. The van der Waals surface area contributed by atoms with Crippen LogP contribution >= 0.6 is 0 Å². The standard InChI is InChI=1S/C14H22N2O3S/c1-11-2-4-12(5-3-11)8-15-6-7-16-13-9-20(18,19)10-14(13)17/h2-5,13-17H,6-10H2,1H3/t13-,14-/m1/s1. The highest BCUT2D eigenvalue weighted by Gasteiger charge is 2.35. The van der Waals surface area contributed by atoms with E-state index in [1.807, 2.05) is 0 Å². The first-order valence-electron chi connectivity index (χ1n) is 6.84. The zero-order valence-corrected chi connectivity index (χ0v) is 12.5. The number of nitrogens with one attached hydrogen (secondary N) is 2. The summed E-state index contributed by atoms with van der Waals surface area (Å²) in [6, 6.07) is 8.00. The summed E-state index contributed by atoms with van der Waals surface area (Å²) >= 11 is 0. The van der Waals surface area contributed by atoms with Crippen LogP contribution in [0, 0.1) is 6.92 Å². The molecule has 0 amide bonds. The van der Waals surface area contributed by atoms with E-state index in [2.05, 4.69) is 41.8 Å². The minimum Gasteiger partial charge on any atom is -0.390 e. The number of hydrogen-bond donors (Lipinski definition) is 3. The molecule has 0 spiro atoms. The molecule has 3 N–H and O–H groups in total. The topological polar surface area (TPSA) is 78.4 Å². The van der Waals surface area contributed by atoms with Crippen molar-refractivity contribution in [2.75, 3.05) is 24.6 Å². The Kier molecular flexibility index (Phi) is 5.15. The van der Waals surface area contributed by atoms with Crippen LogP contribution in [0.1, 0.15) is 11.1 Å². The fraction of sp³-hybridized carbons (Fsp3) is 0.571. The van der Waals surface area contributed by atoms with Gasteiger partial charge in [-0.25, -0.2) is 8.42 Å². The van der Waals surface area contributed by atoms with Gasteiger partial charge in [0.2, 0.25) is 0 Å². The first-order valence-corrected chi connectivity index (χ1v) is 8.66. The number of aliphatic hydroxyl groups excluding tert-OH is 1. The van der Waals surface area contributed by atoms with Crippen LogP contribution in [0.2, 0.25) is 0 Å². The predicted octanol–water partition coefficient (Wildman–Crippen LogP) is -0.168. The lowest BCUT2D eigenvalue weighted by Crippen LogP contribution is -2.42. The molecule has 1 saturated heterocycles. The molecule has 0 bridgehead atoms. The molecule has 2 rings (SSSR count). The third kappa shape index (κ3) is 4.56. The van der Waals surface area contributed by atoms with Crippen molar-refractivity contribution < 1.29 is 13.5 Å². The molecule has 2 atom stereocenters. The highest BCUT2D eigenvalue weighted by atomic mass is 32.2. The van der Waals surface area contributed by atoms with Crippen molar-refractivity contribution in [2.24, 2.45) is 0 Å². The van der Waals surface area contributed by atoms with Gasteiger partial charge in [0, 0.05) is 25.7 Å². The molecule has 1 aromatic rings. The van der Waals surface area contributed by atoms with E-state index in [1.165, 1.54) is 11.1 Å². The number of sulfone groups is 1. The maximum Gasteiger partial charge on any atom is 0.154 e. The predicted molar refractivity (Wildman–Crippen MR) is 79.3 cm³/mol. The molecule has 0 saturated carbocycles. The van der Waals surface area contributed by atoms with Gasteiger partial charge in [-0.3, -0.25) is 0 Å². The van der Waals surface area contributed by atoms with Gasteiger partial charge in [-0.1, -0.05) is 29.8 Å². The number of rotatable bonds is 6. The molecule has 112 valence electrons. The third-order valence-electron chi connectivity index (χ3n) is 3.48. The quantitative estimate of drug-likeness (QED) is 0.636. The van der Waals surface area contributed by atoms with Crippen LogP contribution in [0.15, 0.2) is 24.3 Å². The Balaban J connectivity index is 1.64. The largest absolute Gasteiger partial charge is 0.390 e. The monoisotopic (exact) mass is 298 g/mol. The Morgan fingerprint density at radius 2 is 1.90 bits per heavy atom. The number of aryl methyl sites for hydroxylation is 1. The molecule has 0 aliphatic carbocycles. The zero-order chi connectivity index (χ0) is 14.6. The summed E-state index contributed by atoms with van der Waals surface area (Å²) in [6.45, 7) is 4.22. The van der Waals surface area contributed by atoms with E-state index >= 15 is 0 Å². The first-order chi connectivity index (χ1) is 9.46. The van der Waals surface area contributed by atoms with E-state index in [-0.39, 0.29) is 17.5 Å². The normalized spacial score (nSPS) is 24.9. The fourth-order valence-corrected chi connectivity index (χ4v) is 4.08. The minimum absolute atomic E-state index is 0.0339. The maximum absolute atomic E-state index is 11.3. The van der Waals surface area contributed by atoms with Gasteiger partial charge in [-0.05, 0) is 12.5 Å². The highest BCUT2D eigenvalue weighted by molar-refractivity contribution is 7.91. The highest BCUT2D eigenvalue weighted by Crippen LogP contribution is 2.11. The van der Waals surface area contributed by atoms with Gasteiger partial charge in [0.15, 0.2) is 9.84 Å². The van der Waals surface area contributed by atoms with Gasteiger partial charge in [0.1, 0.15) is 0 Å². The second kappa shape index (κ2) is 6.67. The molecule has 0 radical (unpaired) electrons. The molecule has 1 aromatic carbocycles. The minimum atomic E-state index is -3.07. The van der Waals surface area contributed by atoms with Crippen molar-refractivity contribution in [1.82, 2.24) is 10.6 Å². The van der Waals surface area contributed by atoms with Crippen LogP contribution < -0.4 is 10.6 Å². The Morgan fingerprint density at radius 3 is 2.50 bits per heavy atom. The van der Waals surface area contributed by atoms with Crippen molar-refractivity contribution in [3.63, 3.8) is 0 Å². The summed E-state index contributed by atoms with van der Waals surface area (Å²) < 4.78 is 22.7. The lowest BCUT2D eigenvalue weighted by Gasteiger charge is -2.15. The molecule has 20 heavy (non-hydrogen) atoms. The number of aliphatic hydroxyl groups is 1. The molecule has 0 unspecified atom stereocenters. The van der Waals surface area contributed by atoms with Gasteiger partial charge in [-0.15, -0.1) is 0 Å². The second-order valence-electron chi connectivity index (χ2n) is 5.37. The Bertz CT molecular complexity index is 528. The van der Waals surface area contributed by atoms with Crippen LogP contribution in [-0.2, 0) is 16.4 Å². The van der Waals surface area contributed by atoms with E-state index in [4.69, 9.17) is 0 Å². The van der Waals surface area contributed by atoms with Gasteiger partial charge in [0.25, 0.3) is 0 Å². The maximum atomic E-state index is 11.3. The third-order valence-corrected chi connectivity index (χ3v) is 5.20. The summed E-state index contributed by atoms with van der Waals surface area (Å²) in [5.41, 5.74) is 2.46. The lowest BCUT2D eigenvalue weighted by atomic mass is 10.1. The average Bonchev–Trinajstić information content (AvgIpc) is 2.64. The van der Waals surface area contributed by atoms with Gasteiger partial charge in [0.05, 0.1) is 17.6 Å². The van der Waals surface area contributed by atoms with Gasteiger partial charge < -0.3 is 15.7 Å². The van der Waals surface area contributed by atoms with Crippen molar-refractivity contribution >= 4 is 9.84 Å². The Hall–Kier alpha value is -0.950. The van der Waals surface area contributed by atoms with E-state index < -0.39 is 15.9 Å². The molecular formula is C14H22N2O3S. The summed E-state index contributed by atoms with van der Waals surface area (Å²) in [4.78, 5) is 0. The summed E-state index contributed by atoms with van der Waals surface area (Å²) in [6.07, 6.45) is -0.780. The molecule has 0 aromatic heterocycles. The molecule has 1 aliphatic rings. The second-order valence-corrected chi connectivity index (χ2v) is 7.52. The summed E-state index contributed by atoms with van der Waals surface area (Å²) in [5.74, 6) is -0.0897. The molecule has 6 heteroatoms. The van der Waals surface area contributed by atoms with Crippen molar-refractivity contribution in [3.8, 4) is 0 Å². The molecule has 1 aliphatic heterocycles. The first kappa shape index (κ1) is 15.4. The molecular weight excluding hydrogens is 276 g/mol. The molecule has 1 fully saturated rings. The Labute approximate surface area is 120 Å². The number of benzene rings is 1. The van der Waals surface area contributed by atoms with Crippen LogP contribution in [0.25, 0.3) is 0 Å². The van der Waals surface area contributed by atoms with Gasteiger partial charge in [-0.2, -0.15) is 0 Å². The number of hydrogen-bond acceptors (Lipinski definition) is 5. The van der Waals surface area contributed by atoms with Crippen LogP contribution in [-0.4, -0.2) is 50.3 Å². The van der Waals surface area contributed by atoms with Crippen molar-refractivity contribution in [1.29, 1.82) is 0 Å². The van der Waals surface area contributed by atoms with Gasteiger partial charge >= 0.3 is 0 Å². The average molecular weight is 298 g/mol. The lowest BCUT2D eigenvalue weighted by molar-refractivity contribution is 0.166. The van der Waals surface area contributed by atoms with E-state index in [9.17, 15) is 13.5 Å².